The topological polar surface area (TPSA) is 86.7 Å². The molecule has 2 aromatic heterocycles. The summed E-state index contributed by atoms with van der Waals surface area (Å²) in [6.45, 7) is 6.28. The molecule has 2 aromatic rings. The Kier molecular flexibility index (Phi) is 5.69. The van der Waals surface area contributed by atoms with Gasteiger partial charge in [0.1, 0.15) is 21.0 Å². The highest BCUT2D eigenvalue weighted by atomic mass is 32.1. The first kappa shape index (κ1) is 24.5. The number of allylic oxidation sites excluding steroid dienone is 3. The predicted molar refractivity (Wildman–Crippen MR) is 139 cm³/mol. The zero-order chi connectivity index (χ0) is 26.0. The lowest BCUT2D eigenvalue weighted by molar-refractivity contribution is -0.194. The first-order chi connectivity index (χ1) is 17.7. The van der Waals surface area contributed by atoms with E-state index in [2.05, 4.69) is 13.5 Å². The van der Waals surface area contributed by atoms with Gasteiger partial charge in [-0.15, -0.1) is 22.7 Å². The summed E-state index contributed by atoms with van der Waals surface area (Å²) in [4.78, 5) is 53.9. The second-order valence-corrected chi connectivity index (χ2v) is 13.1. The van der Waals surface area contributed by atoms with Gasteiger partial charge >= 0.3 is 11.9 Å². The Morgan fingerprint density at radius 1 is 1.03 bits per heavy atom. The van der Waals surface area contributed by atoms with Crippen molar-refractivity contribution in [2.24, 2.45) is 28.1 Å². The number of carbonyl (C=O) groups is 4. The average molecular weight is 537 g/mol. The van der Waals surface area contributed by atoms with Crippen molar-refractivity contribution >= 4 is 46.2 Å². The van der Waals surface area contributed by atoms with Crippen molar-refractivity contribution in [1.29, 1.82) is 0 Å². The molecular weight excluding hydrogens is 508 g/mol. The minimum absolute atomic E-state index is 0.0524. The summed E-state index contributed by atoms with van der Waals surface area (Å²) in [6.07, 6.45) is 4.82. The molecule has 5 aliphatic rings. The maximum atomic E-state index is 13.8. The number of rotatable bonds is 6. The fourth-order valence-electron chi connectivity index (χ4n) is 7.70. The van der Waals surface area contributed by atoms with Gasteiger partial charge in [0.25, 0.3) is 0 Å². The first-order valence-corrected chi connectivity index (χ1v) is 14.4. The fraction of sp³-hybridized carbons (Fsp3) is 0.448. The van der Waals surface area contributed by atoms with Gasteiger partial charge in [-0.1, -0.05) is 43.7 Å². The van der Waals surface area contributed by atoms with E-state index in [0.29, 0.717) is 21.7 Å². The van der Waals surface area contributed by atoms with Crippen LogP contribution in [0, 0.1) is 28.1 Å². The first-order valence-electron chi connectivity index (χ1n) is 12.6. The van der Waals surface area contributed by atoms with Gasteiger partial charge in [-0.05, 0) is 48.1 Å². The minimum Gasteiger partial charge on any atom is -0.461 e. The largest absolute Gasteiger partial charge is 0.461 e. The molecule has 0 radical (unpaired) electrons. The number of esters is 2. The summed E-state index contributed by atoms with van der Waals surface area (Å²) >= 11 is 2.66. The van der Waals surface area contributed by atoms with Gasteiger partial charge in [-0.2, -0.15) is 0 Å². The Labute approximate surface area is 223 Å². The zero-order valence-electron chi connectivity index (χ0n) is 20.6. The number of carbonyl (C=O) groups excluding carboxylic acids is 4. The molecular formula is C29H28O6S2. The number of Topliss-reactive ketones (excluding diaryl/α,β-unsaturated/α-hetero) is 2. The van der Waals surface area contributed by atoms with Gasteiger partial charge in [0.15, 0.2) is 5.78 Å². The average Bonchev–Trinajstić information content (AvgIpc) is 3.59. The third-order valence-electron chi connectivity index (χ3n) is 9.24. The van der Waals surface area contributed by atoms with Crippen LogP contribution in [0.25, 0.3) is 0 Å². The van der Waals surface area contributed by atoms with Crippen LogP contribution in [0.4, 0.5) is 0 Å². The summed E-state index contributed by atoms with van der Waals surface area (Å²) in [5, 5.41) is 3.66. The third-order valence-corrected chi connectivity index (χ3v) is 10.9. The Bertz CT molecular complexity index is 1340. The van der Waals surface area contributed by atoms with E-state index in [1.54, 1.807) is 12.1 Å². The normalized spacial score (nSPS) is 34.1. The zero-order valence-corrected chi connectivity index (χ0v) is 22.3. The molecule has 8 heteroatoms. The number of hydrogen-bond acceptors (Lipinski definition) is 8. The molecule has 0 amide bonds. The molecule has 192 valence electrons. The van der Waals surface area contributed by atoms with E-state index in [0.717, 1.165) is 24.8 Å². The fourth-order valence-corrected chi connectivity index (χ4v) is 8.93. The van der Waals surface area contributed by atoms with Crippen molar-refractivity contribution in [3.05, 3.63) is 68.6 Å². The highest BCUT2D eigenvalue weighted by Gasteiger charge is 2.75. The Balaban J connectivity index is 1.36. The van der Waals surface area contributed by atoms with E-state index >= 15 is 0 Å². The van der Waals surface area contributed by atoms with Crippen LogP contribution in [-0.2, 0) is 19.1 Å². The molecule has 0 saturated heterocycles. The van der Waals surface area contributed by atoms with Gasteiger partial charge in [-0.3, -0.25) is 9.59 Å². The Hall–Kier alpha value is -2.84. The molecule has 3 fully saturated rings. The SMILES string of the molecule is C=C1C=C2C[C@@]3(C(=O)CC4[C@](C)(COC(=O)c5cccs5)CCC[C@@]4(COC(=O)c4cccs4)C23)C1=O. The monoisotopic (exact) mass is 536 g/mol. The van der Waals surface area contributed by atoms with Crippen LogP contribution in [0.1, 0.15) is 58.4 Å². The van der Waals surface area contributed by atoms with Gasteiger partial charge in [0.05, 0.1) is 13.2 Å². The molecule has 2 unspecified atom stereocenters. The van der Waals surface area contributed by atoms with Crippen molar-refractivity contribution < 1.29 is 28.7 Å². The number of ketones is 2. The van der Waals surface area contributed by atoms with Crippen LogP contribution in [-0.4, -0.2) is 36.7 Å². The van der Waals surface area contributed by atoms with E-state index in [1.807, 2.05) is 29.0 Å². The molecule has 0 N–H and O–H groups in total. The quantitative estimate of drug-likeness (QED) is 0.269. The van der Waals surface area contributed by atoms with Crippen LogP contribution >= 0.6 is 22.7 Å². The van der Waals surface area contributed by atoms with Crippen molar-refractivity contribution in [3.63, 3.8) is 0 Å². The van der Waals surface area contributed by atoms with Crippen molar-refractivity contribution in [2.45, 2.75) is 39.0 Å². The van der Waals surface area contributed by atoms with Gasteiger partial charge in [-0.25, -0.2) is 9.59 Å². The lowest BCUT2D eigenvalue weighted by atomic mass is 9.33. The second kappa shape index (κ2) is 8.60. The summed E-state index contributed by atoms with van der Waals surface area (Å²) in [7, 11) is 0. The van der Waals surface area contributed by atoms with Gasteiger partial charge < -0.3 is 9.47 Å². The molecule has 6 nitrogen and oxygen atoms in total. The van der Waals surface area contributed by atoms with Crippen LogP contribution in [0.15, 0.2) is 58.8 Å². The molecule has 5 aliphatic carbocycles. The third kappa shape index (κ3) is 3.48. The predicted octanol–water partition coefficient (Wildman–Crippen LogP) is 5.66. The van der Waals surface area contributed by atoms with Crippen molar-refractivity contribution in [1.82, 2.24) is 0 Å². The summed E-state index contributed by atoms with van der Waals surface area (Å²) in [5.74, 6) is -1.51. The van der Waals surface area contributed by atoms with Gasteiger partial charge in [0, 0.05) is 28.7 Å². The van der Waals surface area contributed by atoms with Gasteiger partial charge in [0.2, 0.25) is 0 Å². The molecule has 7 rings (SSSR count). The highest BCUT2D eigenvalue weighted by molar-refractivity contribution is 7.12. The van der Waals surface area contributed by atoms with Crippen LogP contribution < -0.4 is 0 Å². The molecule has 1 spiro atoms. The number of hydrogen-bond donors (Lipinski definition) is 0. The summed E-state index contributed by atoms with van der Waals surface area (Å²) in [5.41, 5.74) is -0.752. The summed E-state index contributed by atoms with van der Waals surface area (Å²) in [6, 6.07) is 7.08. The molecule has 3 saturated carbocycles. The van der Waals surface area contributed by atoms with E-state index in [9.17, 15) is 19.2 Å². The van der Waals surface area contributed by atoms with Crippen LogP contribution in [0.2, 0.25) is 0 Å². The van der Waals surface area contributed by atoms with Crippen molar-refractivity contribution in [3.8, 4) is 0 Å². The van der Waals surface area contributed by atoms with Crippen molar-refractivity contribution in [2.75, 3.05) is 13.2 Å². The van der Waals surface area contributed by atoms with E-state index < -0.39 is 16.2 Å². The van der Waals surface area contributed by atoms with Crippen LogP contribution in [0.3, 0.4) is 0 Å². The molecule has 5 atom stereocenters. The van der Waals surface area contributed by atoms with E-state index in [1.165, 1.54) is 22.7 Å². The molecule has 37 heavy (non-hydrogen) atoms. The minimum atomic E-state index is -1.10. The number of ether oxygens (including phenoxy) is 2. The summed E-state index contributed by atoms with van der Waals surface area (Å²) < 4.78 is 11.8. The lowest BCUT2D eigenvalue weighted by Gasteiger charge is -2.68. The molecule has 2 heterocycles. The molecule has 2 bridgehead atoms. The van der Waals surface area contributed by atoms with E-state index in [4.69, 9.17) is 9.47 Å². The number of thiophene rings is 2. The second-order valence-electron chi connectivity index (χ2n) is 11.2. The molecule has 0 aliphatic heterocycles. The van der Waals surface area contributed by atoms with E-state index in [-0.39, 0.29) is 55.0 Å². The smallest absolute Gasteiger partial charge is 0.348 e. The Morgan fingerprint density at radius 3 is 2.30 bits per heavy atom. The highest BCUT2D eigenvalue weighted by Crippen LogP contribution is 2.73. The van der Waals surface area contributed by atoms with Crippen LogP contribution in [0.5, 0.6) is 0 Å². The Morgan fingerprint density at radius 2 is 1.68 bits per heavy atom. The molecule has 0 aromatic carbocycles. The maximum absolute atomic E-state index is 13.8. The lowest BCUT2D eigenvalue weighted by Crippen LogP contribution is -2.71. The maximum Gasteiger partial charge on any atom is 0.348 e. The standard InChI is InChI=1S/C29H28O6S2/c1-17-12-18-14-29(24(17)31)22(30)13-21-27(2,15-34-25(32)19-6-3-10-36-19)8-5-9-28(21,23(18)29)16-35-26(33)20-7-4-11-37-20/h3-4,6-7,10-12,21,23H,1,5,8-9,13-16H2,2H3/t21?,23?,27-,28-,29-/m0/s1. The number of fused-ring (bicyclic) bond motifs is 3.